The highest BCUT2D eigenvalue weighted by atomic mass is 32.1. The molecule has 154 valence electrons. The lowest BCUT2D eigenvalue weighted by molar-refractivity contribution is 0.0600. The summed E-state index contributed by atoms with van der Waals surface area (Å²) in [4.78, 5) is 34.4. The van der Waals surface area contributed by atoms with Crippen molar-refractivity contribution in [1.82, 2.24) is 14.0 Å². The summed E-state index contributed by atoms with van der Waals surface area (Å²) in [6.45, 7) is 2.77. The molecule has 1 aromatic carbocycles. The Balaban J connectivity index is 1.87. The first-order valence-electron chi connectivity index (χ1n) is 9.27. The second-order valence-electron chi connectivity index (χ2n) is 6.59. The first kappa shape index (κ1) is 20.0. The van der Waals surface area contributed by atoms with Gasteiger partial charge in [0.25, 0.3) is 5.91 Å². The fourth-order valence-corrected chi connectivity index (χ4v) is 4.41. The molecule has 0 aliphatic carbocycles. The van der Waals surface area contributed by atoms with Crippen molar-refractivity contribution in [2.45, 2.75) is 13.5 Å². The van der Waals surface area contributed by atoms with Gasteiger partial charge in [-0.25, -0.2) is 9.78 Å². The Morgan fingerprint density at radius 3 is 2.80 bits per heavy atom. The lowest BCUT2D eigenvalue weighted by atomic mass is 10.2. The van der Waals surface area contributed by atoms with Crippen LogP contribution in [0.25, 0.3) is 15.9 Å². The number of esters is 1. The Bertz CT molecular complexity index is 1330. The highest BCUT2D eigenvalue weighted by Gasteiger charge is 2.17. The maximum absolute atomic E-state index is 13.1. The van der Waals surface area contributed by atoms with Crippen molar-refractivity contribution in [3.63, 3.8) is 0 Å². The number of amides is 1. The number of pyridine rings is 1. The van der Waals surface area contributed by atoms with Gasteiger partial charge in [-0.2, -0.15) is 4.99 Å². The number of hydrogen-bond donors (Lipinski definition) is 0. The molecule has 0 saturated heterocycles. The number of thiazole rings is 1. The molecule has 9 heteroatoms. The van der Waals surface area contributed by atoms with Gasteiger partial charge in [-0.1, -0.05) is 17.4 Å². The molecule has 30 heavy (non-hydrogen) atoms. The van der Waals surface area contributed by atoms with Gasteiger partial charge in [0.05, 0.1) is 35.2 Å². The molecule has 0 atom stereocenters. The summed E-state index contributed by atoms with van der Waals surface area (Å²) in [5.74, 6) is -0.790. The molecule has 0 unspecified atom stereocenters. The summed E-state index contributed by atoms with van der Waals surface area (Å²) in [5, 5.41) is 0. The van der Waals surface area contributed by atoms with Crippen LogP contribution in [0.5, 0.6) is 0 Å². The third-order valence-corrected chi connectivity index (χ3v) is 5.77. The van der Waals surface area contributed by atoms with Crippen molar-refractivity contribution in [2.75, 3.05) is 20.8 Å². The molecule has 0 fully saturated rings. The van der Waals surface area contributed by atoms with E-state index in [1.807, 2.05) is 28.8 Å². The van der Waals surface area contributed by atoms with Gasteiger partial charge in [-0.15, -0.1) is 0 Å². The van der Waals surface area contributed by atoms with Gasteiger partial charge in [-0.3, -0.25) is 9.20 Å². The Morgan fingerprint density at radius 1 is 1.20 bits per heavy atom. The number of carbonyl (C=O) groups is 2. The van der Waals surface area contributed by atoms with Gasteiger partial charge in [0.2, 0.25) is 0 Å². The van der Waals surface area contributed by atoms with Crippen LogP contribution in [0.1, 0.15) is 26.5 Å². The molecule has 3 aromatic heterocycles. The van der Waals surface area contributed by atoms with E-state index in [0.29, 0.717) is 40.6 Å². The minimum absolute atomic E-state index is 0.378. The van der Waals surface area contributed by atoms with Crippen molar-refractivity contribution < 1.29 is 19.1 Å². The van der Waals surface area contributed by atoms with Crippen LogP contribution in [-0.2, 0) is 16.0 Å². The number of aryl methyl sites for hydroxylation is 1. The fourth-order valence-electron chi connectivity index (χ4n) is 3.31. The van der Waals surface area contributed by atoms with E-state index in [-0.39, 0.29) is 5.91 Å². The number of benzene rings is 1. The van der Waals surface area contributed by atoms with Gasteiger partial charge < -0.3 is 14.0 Å². The zero-order valence-corrected chi connectivity index (χ0v) is 17.6. The van der Waals surface area contributed by atoms with Crippen molar-refractivity contribution in [2.24, 2.45) is 4.99 Å². The predicted molar refractivity (Wildman–Crippen MR) is 113 cm³/mol. The van der Waals surface area contributed by atoms with Crippen LogP contribution in [0.3, 0.4) is 0 Å². The summed E-state index contributed by atoms with van der Waals surface area (Å²) in [7, 11) is 2.96. The SMILES string of the molecule is COCCn1c(=NC(=O)c2c(C)nc3ccccn23)sc2cc(C(=O)OC)ccc21. The average molecular weight is 424 g/mol. The van der Waals surface area contributed by atoms with Gasteiger partial charge >= 0.3 is 5.97 Å². The zero-order valence-electron chi connectivity index (χ0n) is 16.8. The fraction of sp³-hybridized carbons (Fsp3) is 0.238. The van der Waals surface area contributed by atoms with E-state index in [1.165, 1.54) is 18.4 Å². The molecule has 0 aliphatic heterocycles. The summed E-state index contributed by atoms with van der Waals surface area (Å²) in [6, 6.07) is 10.8. The smallest absolute Gasteiger partial charge is 0.337 e. The first-order valence-corrected chi connectivity index (χ1v) is 10.1. The second kappa shape index (κ2) is 8.21. The first-order chi connectivity index (χ1) is 14.5. The van der Waals surface area contributed by atoms with Crippen LogP contribution in [0, 0.1) is 6.92 Å². The molecule has 0 spiro atoms. The summed E-state index contributed by atoms with van der Waals surface area (Å²) in [5.41, 5.74) is 3.05. The number of hydrogen-bond acceptors (Lipinski definition) is 6. The highest BCUT2D eigenvalue weighted by molar-refractivity contribution is 7.16. The topological polar surface area (TPSA) is 87.2 Å². The predicted octanol–water partition coefficient (Wildman–Crippen LogP) is 2.83. The Kier molecular flexibility index (Phi) is 5.47. The largest absolute Gasteiger partial charge is 0.465 e. The van der Waals surface area contributed by atoms with E-state index >= 15 is 0 Å². The maximum atomic E-state index is 13.1. The number of fused-ring (bicyclic) bond motifs is 2. The van der Waals surface area contributed by atoms with Crippen LogP contribution in [0.2, 0.25) is 0 Å². The van der Waals surface area contributed by atoms with Gasteiger partial charge in [0.15, 0.2) is 4.80 Å². The number of aromatic nitrogens is 3. The van der Waals surface area contributed by atoms with E-state index in [2.05, 4.69) is 9.98 Å². The van der Waals surface area contributed by atoms with Crippen LogP contribution in [0.4, 0.5) is 0 Å². The quantitative estimate of drug-likeness (QED) is 0.460. The molecule has 0 bridgehead atoms. The molecule has 4 aromatic rings. The minimum atomic E-state index is -0.412. The molecule has 4 rings (SSSR count). The standard InChI is InChI=1S/C21H20N4O4S/c1-13-18(25-9-5-4-6-17(25)22-13)19(26)23-21-24(10-11-28-2)15-8-7-14(20(27)29-3)12-16(15)30-21/h4-9,12H,10-11H2,1-3H3. The molecule has 0 N–H and O–H groups in total. The van der Waals surface area contributed by atoms with E-state index in [0.717, 1.165) is 10.2 Å². The number of rotatable bonds is 5. The van der Waals surface area contributed by atoms with E-state index in [9.17, 15) is 9.59 Å². The highest BCUT2D eigenvalue weighted by Crippen LogP contribution is 2.20. The average Bonchev–Trinajstić information content (AvgIpc) is 3.26. The van der Waals surface area contributed by atoms with E-state index in [4.69, 9.17) is 9.47 Å². The number of imidazole rings is 1. The summed E-state index contributed by atoms with van der Waals surface area (Å²) < 4.78 is 14.5. The third kappa shape index (κ3) is 3.53. The number of methoxy groups -OCH3 is 2. The second-order valence-corrected chi connectivity index (χ2v) is 7.60. The van der Waals surface area contributed by atoms with Crippen LogP contribution >= 0.6 is 11.3 Å². The summed E-state index contributed by atoms with van der Waals surface area (Å²) in [6.07, 6.45) is 1.80. The van der Waals surface area contributed by atoms with E-state index in [1.54, 1.807) is 36.8 Å². The minimum Gasteiger partial charge on any atom is -0.465 e. The molecule has 3 heterocycles. The van der Waals surface area contributed by atoms with Gasteiger partial charge in [0, 0.05) is 19.9 Å². The van der Waals surface area contributed by atoms with E-state index < -0.39 is 5.97 Å². The molecule has 0 radical (unpaired) electrons. The molecule has 0 aliphatic rings. The lowest BCUT2D eigenvalue weighted by Crippen LogP contribution is -2.20. The van der Waals surface area contributed by atoms with Crippen molar-refractivity contribution in [1.29, 1.82) is 0 Å². The number of nitrogens with zero attached hydrogens (tertiary/aromatic N) is 4. The normalized spacial score (nSPS) is 12.0. The van der Waals surface area contributed by atoms with Gasteiger partial charge in [0.1, 0.15) is 11.3 Å². The Morgan fingerprint density at radius 2 is 2.03 bits per heavy atom. The van der Waals surface area contributed by atoms with Crippen LogP contribution in [0.15, 0.2) is 47.6 Å². The van der Waals surface area contributed by atoms with Crippen LogP contribution < -0.4 is 4.80 Å². The maximum Gasteiger partial charge on any atom is 0.337 e. The summed E-state index contributed by atoms with van der Waals surface area (Å²) >= 11 is 1.34. The monoisotopic (exact) mass is 424 g/mol. The van der Waals surface area contributed by atoms with Crippen molar-refractivity contribution in [3.05, 3.63) is 64.3 Å². The molecular weight excluding hydrogens is 404 g/mol. The third-order valence-electron chi connectivity index (χ3n) is 4.73. The Hall–Kier alpha value is -3.30. The number of carbonyl (C=O) groups excluding carboxylic acids is 2. The van der Waals surface area contributed by atoms with Crippen molar-refractivity contribution in [3.8, 4) is 0 Å². The molecule has 8 nitrogen and oxygen atoms in total. The molecular formula is C21H20N4O4S. The van der Waals surface area contributed by atoms with Gasteiger partial charge in [-0.05, 0) is 37.3 Å². The number of ether oxygens (including phenoxy) is 2. The van der Waals surface area contributed by atoms with Crippen molar-refractivity contribution >= 4 is 39.1 Å². The lowest BCUT2D eigenvalue weighted by Gasteiger charge is -2.05. The Labute approximate surface area is 176 Å². The molecule has 1 amide bonds. The zero-order chi connectivity index (χ0) is 21.3. The molecule has 0 saturated carbocycles. The van der Waals surface area contributed by atoms with Crippen LogP contribution in [-0.4, -0.2) is 46.7 Å².